The molecule has 0 atom stereocenters. The Labute approximate surface area is 117 Å². The average molecular weight is 266 g/mol. The third kappa shape index (κ3) is 2.30. The Balaban J connectivity index is 1.98. The van der Waals surface area contributed by atoms with Gasteiger partial charge in [0.25, 0.3) is 0 Å². The lowest BCUT2D eigenvalue weighted by Gasteiger charge is -2.19. The fraction of sp³-hybridized carbons (Fsp3) is 0.118. The normalized spacial score (nSPS) is 15.7. The van der Waals surface area contributed by atoms with Gasteiger partial charge in [-0.15, -0.1) is 0 Å². The molecule has 0 radical (unpaired) electrons. The Morgan fingerprint density at radius 1 is 1.15 bits per heavy atom. The average Bonchev–Trinajstić information content (AvgIpc) is 2.51. The molecule has 0 saturated heterocycles. The largest absolute Gasteiger partial charge is 0.497 e. The Morgan fingerprint density at radius 3 is 2.70 bits per heavy atom. The van der Waals surface area contributed by atoms with Crippen molar-refractivity contribution in [2.45, 2.75) is 0 Å². The standard InChI is InChI=1S/C17H14O3/c1-19-14-7-8-16-15(10-14)17(18)13(11-20-16)9-12-5-3-2-4-6-12/h2-10H,11H2,1H3/b13-9-. The van der Waals surface area contributed by atoms with Crippen LogP contribution >= 0.6 is 0 Å². The Bertz CT molecular complexity index is 672. The Hall–Kier alpha value is -2.55. The summed E-state index contributed by atoms with van der Waals surface area (Å²) in [6, 6.07) is 15.0. The van der Waals surface area contributed by atoms with E-state index in [0.717, 1.165) is 5.56 Å². The fourth-order valence-electron chi connectivity index (χ4n) is 2.19. The maximum Gasteiger partial charge on any atom is 0.196 e. The molecule has 0 saturated carbocycles. The van der Waals surface area contributed by atoms with Crippen molar-refractivity contribution < 1.29 is 14.3 Å². The van der Waals surface area contributed by atoms with Gasteiger partial charge in [0.05, 0.1) is 12.7 Å². The lowest BCUT2D eigenvalue weighted by atomic mass is 9.98. The fourth-order valence-corrected chi connectivity index (χ4v) is 2.19. The van der Waals surface area contributed by atoms with Gasteiger partial charge in [-0.1, -0.05) is 30.3 Å². The highest BCUT2D eigenvalue weighted by atomic mass is 16.5. The van der Waals surface area contributed by atoms with Crippen molar-refractivity contribution in [2.75, 3.05) is 13.7 Å². The van der Waals surface area contributed by atoms with Gasteiger partial charge in [-0.05, 0) is 29.8 Å². The number of ether oxygens (including phenoxy) is 2. The molecule has 100 valence electrons. The summed E-state index contributed by atoms with van der Waals surface area (Å²) in [7, 11) is 1.58. The van der Waals surface area contributed by atoms with Crippen LogP contribution in [0.1, 0.15) is 15.9 Å². The van der Waals surface area contributed by atoms with E-state index >= 15 is 0 Å². The topological polar surface area (TPSA) is 35.5 Å². The van der Waals surface area contributed by atoms with Crippen LogP contribution < -0.4 is 9.47 Å². The molecule has 0 N–H and O–H groups in total. The van der Waals surface area contributed by atoms with Crippen LogP contribution in [-0.4, -0.2) is 19.5 Å². The van der Waals surface area contributed by atoms with Crippen molar-refractivity contribution in [1.82, 2.24) is 0 Å². The molecule has 0 amide bonds. The van der Waals surface area contributed by atoms with Crippen molar-refractivity contribution in [3.05, 3.63) is 65.2 Å². The quantitative estimate of drug-likeness (QED) is 0.782. The van der Waals surface area contributed by atoms with Crippen molar-refractivity contribution >= 4 is 11.9 Å². The van der Waals surface area contributed by atoms with E-state index in [4.69, 9.17) is 9.47 Å². The van der Waals surface area contributed by atoms with Crippen molar-refractivity contribution in [2.24, 2.45) is 0 Å². The van der Waals surface area contributed by atoms with E-state index in [1.54, 1.807) is 25.3 Å². The van der Waals surface area contributed by atoms with Gasteiger partial charge in [0.1, 0.15) is 18.1 Å². The van der Waals surface area contributed by atoms with Gasteiger partial charge in [0, 0.05) is 5.57 Å². The summed E-state index contributed by atoms with van der Waals surface area (Å²) in [6.07, 6.45) is 1.87. The SMILES string of the molecule is COc1ccc2c(c1)C(=O)/C(=C\c1ccccc1)CO2. The van der Waals surface area contributed by atoms with Gasteiger partial charge >= 0.3 is 0 Å². The summed E-state index contributed by atoms with van der Waals surface area (Å²) in [5.74, 6) is 1.26. The molecule has 1 heterocycles. The van der Waals surface area contributed by atoms with Gasteiger partial charge in [-0.25, -0.2) is 0 Å². The minimum Gasteiger partial charge on any atom is -0.497 e. The van der Waals surface area contributed by atoms with Crippen LogP contribution in [0.15, 0.2) is 54.1 Å². The molecular weight excluding hydrogens is 252 g/mol. The summed E-state index contributed by atoms with van der Waals surface area (Å²) in [6.45, 7) is 0.299. The Kier molecular flexibility index (Phi) is 3.25. The number of ketones is 1. The van der Waals surface area contributed by atoms with Crippen molar-refractivity contribution in [3.8, 4) is 11.5 Å². The zero-order valence-corrected chi connectivity index (χ0v) is 11.1. The first-order chi connectivity index (χ1) is 9.78. The highest BCUT2D eigenvalue weighted by molar-refractivity contribution is 6.14. The molecule has 3 heteroatoms. The summed E-state index contributed by atoms with van der Waals surface area (Å²) in [5.41, 5.74) is 2.19. The molecule has 1 aliphatic heterocycles. The van der Waals surface area contributed by atoms with Gasteiger partial charge in [0.2, 0.25) is 0 Å². The van der Waals surface area contributed by atoms with E-state index in [0.29, 0.717) is 29.2 Å². The van der Waals surface area contributed by atoms with Crippen LogP contribution in [0.4, 0.5) is 0 Å². The first kappa shape index (κ1) is 12.5. The van der Waals surface area contributed by atoms with Crippen molar-refractivity contribution in [3.63, 3.8) is 0 Å². The molecule has 20 heavy (non-hydrogen) atoms. The second-order valence-electron chi connectivity index (χ2n) is 4.56. The number of Topliss-reactive ketones (excluding diaryl/α,β-unsaturated/α-hetero) is 1. The molecule has 0 aliphatic carbocycles. The minimum absolute atomic E-state index is 0.00555. The van der Waals surface area contributed by atoms with Gasteiger partial charge in [0.15, 0.2) is 5.78 Å². The minimum atomic E-state index is -0.00555. The van der Waals surface area contributed by atoms with E-state index < -0.39 is 0 Å². The predicted octanol–water partition coefficient (Wildman–Crippen LogP) is 3.35. The van der Waals surface area contributed by atoms with Crippen LogP contribution in [-0.2, 0) is 0 Å². The third-order valence-corrected chi connectivity index (χ3v) is 3.25. The number of carbonyl (C=O) groups excluding carboxylic acids is 1. The van der Waals surface area contributed by atoms with Gasteiger partial charge in [-0.2, -0.15) is 0 Å². The number of benzene rings is 2. The van der Waals surface area contributed by atoms with E-state index in [1.807, 2.05) is 36.4 Å². The van der Waals surface area contributed by atoms with Crippen LogP contribution in [0.3, 0.4) is 0 Å². The number of rotatable bonds is 2. The zero-order valence-electron chi connectivity index (χ0n) is 11.1. The molecule has 1 aliphatic rings. The molecule has 2 aromatic carbocycles. The highest BCUT2D eigenvalue weighted by Crippen LogP contribution is 2.31. The van der Waals surface area contributed by atoms with E-state index in [-0.39, 0.29) is 5.78 Å². The lowest BCUT2D eigenvalue weighted by Crippen LogP contribution is -2.19. The van der Waals surface area contributed by atoms with Crippen LogP contribution in [0.5, 0.6) is 11.5 Å². The molecule has 3 rings (SSSR count). The number of hydrogen-bond donors (Lipinski definition) is 0. The third-order valence-electron chi connectivity index (χ3n) is 3.25. The number of carbonyl (C=O) groups is 1. The molecule has 0 spiro atoms. The second kappa shape index (κ2) is 5.21. The maximum absolute atomic E-state index is 12.5. The summed E-state index contributed by atoms with van der Waals surface area (Å²) in [5, 5.41) is 0. The lowest BCUT2D eigenvalue weighted by molar-refractivity contribution is 0.100. The number of fused-ring (bicyclic) bond motifs is 1. The molecule has 0 fully saturated rings. The zero-order chi connectivity index (χ0) is 13.9. The number of hydrogen-bond acceptors (Lipinski definition) is 3. The summed E-state index contributed by atoms with van der Waals surface area (Å²) < 4.78 is 10.8. The maximum atomic E-state index is 12.5. The van der Waals surface area contributed by atoms with E-state index in [1.165, 1.54) is 0 Å². The monoisotopic (exact) mass is 266 g/mol. The molecule has 0 unspecified atom stereocenters. The molecule has 3 nitrogen and oxygen atoms in total. The van der Waals surface area contributed by atoms with Crippen LogP contribution in [0, 0.1) is 0 Å². The molecule has 2 aromatic rings. The van der Waals surface area contributed by atoms with E-state index in [9.17, 15) is 4.79 Å². The second-order valence-corrected chi connectivity index (χ2v) is 4.56. The molecule has 0 aromatic heterocycles. The number of methoxy groups -OCH3 is 1. The summed E-state index contributed by atoms with van der Waals surface area (Å²) in [4.78, 5) is 12.5. The van der Waals surface area contributed by atoms with Crippen LogP contribution in [0.25, 0.3) is 6.08 Å². The summed E-state index contributed by atoms with van der Waals surface area (Å²) >= 11 is 0. The molecular formula is C17H14O3. The van der Waals surface area contributed by atoms with Crippen molar-refractivity contribution in [1.29, 1.82) is 0 Å². The molecule has 0 bridgehead atoms. The van der Waals surface area contributed by atoms with Crippen LogP contribution in [0.2, 0.25) is 0 Å². The van der Waals surface area contributed by atoms with E-state index in [2.05, 4.69) is 0 Å². The van der Waals surface area contributed by atoms with Gasteiger partial charge in [-0.3, -0.25) is 4.79 Å². The Morgan fingerprint density at radius 2 is 1.95 bits per heavy atom. The first-order valence-electron chi connectivity index (χ1n) is 6.39. The first-order valence-corrected chi connectivity index (χ1v) is 6.39. The smallest absolute Gasteiger partial charge is 0.196 e. The highest BCUT2D eigenvalue weighted by Gasteiger charge is 2.23. The predicted molar refractivity (Wildman–Crippen MR) is 77.2 cm³/mol. The van der Waals surface area contributed by atoms with Gasteiger partial charge < -0.3 is 9.47 Å².